The summed E-state index contributed by atoms with van der Waals surface area (Å²) in [7, 11) is 0. The molecule has 0 bridgehead atoms. The number of aromatic nitrogens is 1. The predicted octanol–water partition coefficient (Wildman–Crippen LogP) is 3.54. The maximum Gasteiger partial charge on any atom is 0.251 e. The molecule has 0 saturated carbocycles. The third kappa shape index (κ3) is 3.60. The van der Waals surface area contributed by atoms with Gasteiger partial charge in [-0.25, -0.2) is 4.39 Å². The molecule has 31 heavy (non-hydrogen) atoms. The number of nitrogens with one attached hydrogen (secondary N) is 2. The lowest BCUT2D eigenvalue weighted by Gasteiger charge is -2.18. The number of halogens is 1. The van der Waals surface area contributed by atoms with Crippen LogP contribution in [0.4, 0.5) is 15.8 Å². The minimum absolute atomic E-state index is 0.0537. The third-order valence-electron chi connectivity index (χ3n) is 6.24. The van der Waals surface area contributed by atoms with Crippen LogP contribution >= 0.6 is 0 Å². The van der Waals surface area contributed by atoms with Crippen molar-refractivity contribution in [1.82, 2.24) is 4.98 Å². The van der Waals surface area contributed by atoms with Crippen molar-refractivity contribution in [2.24, 2.45) is 5.92 Å². The fourth-order valence-electron chi connectivity index (χ4n) is 4.64. The summed E-state index contributed by atoms with van der Waals surface area (Å²) in [5.74, 6) is -1.30. The Hall–Kier alpha value is -3.48. The largest absolute Gasteiger partial charge is 0.326 e. The lowest BCUT2D eigenvalue weighted by atomic mass is 9.90. The number of hydrogen-bond acceptors (Lipinski definition) is 3. The first-order valence-corrected chi connectivity index (χ1v) is 10.5. The fraction of sp³-hybridized carbons (Fsp3) is 0.292. The van der Waals surface area contributed by atoms with Gasteiger partial charge in [-0.15, -0.1) is 0 Å². The number of hydrogen-bond donors (Lipinski definition) is 2. The second-order valence-corrected chi connectivity index (χ2v) is 8.25. The number of carbonyl (C=O) groups is 2. The zero-order chi connectivity index (χ0) is 21.5. The van der Waals surface area contributed by atoms with Crippen molar-refractivity contribution in [1.29, 1.82) is 0 Å². The van der Waals surface area contributed by atoms with Crippen molar-refractivity contribution in [3.05, 3.63) is 69.8 Å². The number of amides is 2. The molecule has 1 saturated heterocycles. The summed E-state index contributed by atoms with van der Waals surface area (Å²) in [6.45, 7) is 0.244. The zero-order valence-corrected chi connectivity index (χ0v) is 16.9. The molecular formula is C24H22FN3O3. The minimum atomic E-state index is -0.504. The molecular weight excluding hydrogens is 397 g/mol. The van der Waals surface area contributed by atoms with E-state index in [2.05, 4.69) is 10.3 Å². The number of fused-ring (bicyclic) bond motifs is 3. The maximum atomic E-state index is 13.2. The van der Waals surface area contributed by atoms with E-state index in [1.807, 2.05) is 12.1 Å². The third-order valence-corrected chi connectivity index (χ3v) is 6.24. The van der Waals surface area contributed by atoms with Gasteiger partial charge in [0.1, 0.15) is 5.82 Å². The number of rotatable bonds is 3. The van der Waals surface area contributed by atoms with Gasteiger partial charge in [0.25, 0.3) is 5.56 Å². The minimum Gasteiger partial charge on any atom is -0.326 e. The molecule has 3 aromatic rings. The quantitative estimate of drug-likeness (QED) is 0.681. The van der Waals surface area contributed by atoms with Crippen LogP contribution in [0.5, 0.6) is 0 Å². The first kappa shape index (κ1) is 19.5. The molecule has 1 fully saturated rings. The van der Waals surface area contributed by atoms with Gasteiger partial charge in [-0.05, 0) is 67.6 Å². The molecule has 0 spiro atoms. The highest BCUT2D eigenvalue weighted by atomic mass is 19.1. The summed E-state index contributed by atoms with van der Waals surface area (Å²) in [6, 6.07) is 11.2. The Balaban J connectivity index is 1.35. The standard InChI is InChI=1S/C24H22FN3O3/c25-15-5-8-17(9-6-15)28-13-14(11-22(28)29)23(30)26-16-7-10-19-18-3-1-2-4-20(18)24(31)27-21(19)12-16/h5-10,12,14H,1-4,11,13H2,(H,26,30)(H,27,31). The Labute approximate surface area is 178 Å². The van der Waals surface area contributed by atoms with E-state index in [4.69, 9.17) is 0 Å². The highest BCUT2D eigenvalue weighted by molar-refractivity contribution is 6.04. The molecule has 7 heteroatoms. The van der Waals surface area contributed by atoms with Gasteiger partial charge in [0.2, 0.25) is 11.8 Å². The molecule has 158 valence electrons. The van der Waals surface area contributed by atoms with Crippen LogP contribution in [0.2, 0.25) is 0 Å². The van der Waals surface area contributed by atoms with Crippen LogP contribution in [0.25, 0.3) is 10.9 Å². The average molecular weight is 419 g/mol. The van der Waals surface area contributed by atoms with Gasteiger partial charge in [0.15, 0.2) is 0 Å². The summed E-state index contributed by atoms with van der Waals surface area (Å²) in [5, 5.41) is 3.90. The number of benzene rings is 2. The average Bonchev–Trinajstić information content (AvgIpc) is 3.16. The molecule has 0 radical (unpaired) electrons. The van der Waals surface area contributed by atoms with Crippen molar-refractivity contribution in [2.75, 3.05) is 16.8 Å². The molecule has 2 heterocycles. The number of aromatic amines is 1. The second-order valence-electron chi connectivity index (χ2n) is 8.25. The molecule has 1 aromatic heterocycles. The van der Waals surface area contributed by atoms with Crippen LogP contribution in [0.3, 0.4) is 0 Å². The molecule has 1 aliphatic heterocycles. The van der Waals surface area contributed by atoms with Crippen LogP contribution in [0.1, 0.15) is 30.4 Å². The lowest BCUT2D eigenvalue weighted by molar-refractivity contribution is -0.122. The number of aryl methyl sites for hydroxylation is 1. The Morgan fingerprint density at radius 1 is 1.03 bits per heavy atom. The number of pyridine rings is 1. The Kier molecular flexibility index (Phi) is 4.81. The van der Waals surface area contributed by atoms with E-state index in [0.29, 0.717) is 16.9 Å². The number of nitrogens with zero attached hydrogens (tertiary/aromatic N) is 1. The van der Waals surface area contributed by atoms with E-state index >= 15 is 0 Å². The fourth-order valence-corrected chi connectivity index (χ4v) is 4.64. The zero-order valence-electron chi connectivity index (χ0n) is 16.9. The van der Waals surface area contributed by atoms with Crippen molar-refractivity contribution in [3.63, 3.8) is 0 Å². The van der Waals surface area contributed by atoms with E-state index in [-0.39, 0.29) is 36.2 Å². The van der Waals surface area contributed by atoms with Gasteiger partial charge in [-0.3, -0.25) is 14.4 Å². The summed E-state index contributed by atoms with van der Waals surface area (Å²) in [4.78, 5) is 42.1. The summed E-state index contributed by atoms with van der Waals surface area (Å²) in [5.41, 5.74) is 3.80. The number of anilines is 2. The van der Waals surface area contributed by atoms with Crippen LogP contribution in [0.15, 0.2) is 47.3 Å². The van der Waals surface area contributed by atoms with Gasteiger partial charge in [0, 0.05) is 35.3 Å². The molecule has 2 amide bonds. The van der Waals surface area contributed by atoms with Crippen LogP contribution in [0, 0.1) is 11.7 Å². The summed E-state index contributed by atoms with van der Waals surface area (Å²) in [6.07, 6.45) is 3.90. The molecule has 2 aliphatic rings. The molecule has 6 nitrogen and oxygen atoms in total. The Bertz CT molecular complexity index is 1250. The normalized spacial score (nSPS) is 18.3. The maximum absolute atomic E-state index is 13.2. The lowest BCUT2D eigenvalue weighted by Crippen LogP contribution is -2.28. The van der Waals surface area contributed by atoms with Gasteiger partial charge in [-0.1, -0.05) is 6.07 Å². The molecule has 2 N–H and O–H groups in total. The highest BCUT2D eigenvalue weighted by Crippen LogP contribution is 2.29. The van der Waals surface area contributed by atoms with Crippen LogP contribution in [-0.2, 0) is 22.4 Å². The van der Waals surface area contributed by atoms with E-state index < -0.39 is 5.92 Å². The van der Waals surface area contributed by atoms with Gasteiger partial charge in [-0.2, -0.15) is 0 Å². The van der Waals surface area contributed by atoms with Gasteiger partial charge >= 0.3 is 0 Å². The monoisotopic (exact) mass is 419 g/mol. The number of carbonyl (C=O) groups excluding carboxylic acids is 2. The molecule has 1 aliphatic carbocycles. The van der Waals surface area contributed by atoms with E-state index in [9.17, 15) is 18.8 Å². The topological polar surface area (TPSA) is 82.3 Å². The van der Waals surface area contributed by atoms with Crippen molar-refractivity contribution < 1.29 is 14.0 Å². The smallest absolute Gasteiger partial charge is 0.251 e. The van der Waals surface area contributed by atoms with Crippen molar-refractivity contribution in [2.45, 2.75) is 32.1 Å². The van der Waals surface area contributed by atoms with E-state index in [1.54, 1.807) is 6.07 Å². The SMILES string of the molecule is O=C(Nc1ccc2c3c(c(=O)[nH]c2c1)CCCC3)C1CC(=O)N(c2ccc(F)cc2)C1. The molecule has 5 rings (SSSR count). The summed E-state index contributed by atoms with van der Waals surface area (Å²) >= 11 is 0. The van der Waals surface area contributed by atoms with Gasteiger partial charge in [0.05, 0.1) is 11.4 Å². The summed E-state index contributed by atoms with van der Waals surface area (Å²) < 4.78 is 13.2. The molecule has 2 aromatic carbocycles. The Morgan fingerprint density at radius 2 is 1.77 bits per heavy atom. The highest BCUT2D eigenvalue weighted by Gasteiger charge is 2.35. The Morgan fingerprint density at radius 3 is 2.55 bits per heavy atom. The van der Waals surface area contributed by atoms with Crippen LogP contribution in [-0.4, -0.2) is 23.3 Å². The van der Waals surface area contributed by atoms with Gasteiger partial charge < -0.3 is 15.2 Å². The van der Waals surface area contributed by atoms with Crippen LogP contribution < -0.4 is 15.8 Å². The van der Waals surface area contributed by atoms with Crippen molar-refractivity contribution >= 4 is 34.1 Å². The van der Waals surface area contributed by atoms with E-state index in [1.165, 1.54) is 29.2 Å². The van der Waals surface area contributed by atoms with E-state index in [0.717, 1.165) is 42.2 Å². The molecule has 1 atom stereocenters. The first-order chi connectivity index (χ1) is 15.0. The van der Waals surface area contributed by atoms with Crippen molar-refractivity contribution in [3.8, 4) is 0 Å². The second kappa shape index (κ2) is 7.65. The predicted molar refractivity (Wildman–Crippen MR) is 117 cm³/mol. The molecule has 1 unspecified atom stereocenters. The number of H-pyrrole nitrogens is 1. The first-order valence-electron chi connectivity index (χ1n) is 10.5.